The van der Waals surface area contributed by atoms with Crippen LogP contribution in [0.2, 0.25) is 0 Å². The van der Waals surface area contributed by atoms with Crippen molar-refractivity contribution in [3.05, 3.63) is 59.6 Å². The first-order valence-corrected chi connectivity index (χ1v) is 8.06. The first kappa shape index (κ1) is 10.1. The summed E-state index contributed by atoms with van der Waals surface area (Å²) in [6, 6.07) is 15.2. The minimum atomic E-state index is -2.26. The fourth-order valence-electron chi connectivity index (χ4n) is 2.87. The number of hydrogen-bond donors (Lipinski definition) is 0. The molecule has 0 atom stereocenters. The minimum absolute atomic E-state index is 0.0312. The van der Waals surface area contributed by atoms with Crippen molar-refractivity contribution in [3.8, 4) is 11.3 Å². The highest BCUT2D eigenvalue weighted by Crippen LogP contribution is 2.35. The number of benzene rings is 1. The van der Waals surface area contributed by atoms with E-state index >= 15 is 0 Å². The van der Waals surface area contributed by atoms with E-state index in [1.807, 2.05) is 41.8 Å². The third-order valence-corrected chi connectivity index (χ3v) is 4.78. The molecule has 0 bridgehead atoms. The number of pyridine rings is 2. The van der Waals surface area contributed by atoms with Crippen molar-refractivity contribution >= 4 is 43.6 Å². The molecule has 4 heterocycles. The molecule has 0 saturated carbocycles. The monoisotopic (exact) mass is 319 g/mol. The second kappa shape index (κ2) is 4.64. The third kappa shape index (κ3) is 1.88. The van der Waals surface area contributed by atoms with E-state index in [-0.39, 0.29) is 5.69 Å². The van der Waals surface area contributed by atoms with Crippen LogP contribution in [-0.4, -0.2) is 9.97 Å². The summed E-state index contributed by atoms with van der Waals surface area (Å²) in [4.78, 5) is 9.91. The Morgan fingerprint density at radius 1 is 1.00 bits per heavy atom. The lowest BCUT2D eigenvalue weighted by molar-refractivity contribution is 0.653. The van der Waals surface area contributed by atoms with E-state index in [4.69, 9.17) is 13.5 Å². The molecule has 0 spiro atoms. The molecule has 4 heteroatoms. The lowest BCUT2D eigenvalue weighted by Gasteiger charge is -2.02. The second-order valence-electron chi connectivity index (χ2n) is 5.34. The number of furan rings is 1. The number of aromatic nitrogens is 2. The second-order valence-corrected chi connectivity index (χ2v) is 6.24. The fourth-order valence-corrected chi connectivity index (χ4v) is 3.64. The Bertz CT molecular complexity index is 1290. The van der Waals surface area contributed by atoms with Gasteiger partial charge in [-0.25, -0.2) is 9.97 Å². The van der Waals surface area contributed by atoms with Crippen molar-refractivity contribution in [1.29, 1.82) is 0 Å². The highest BCUT2D eigenvalue weighted by molar-refractivity contribution is 7.16. The van der Waals surface area contributed by atoms with Crippen LogP contribution in [0.1, 0.15) is 9.81 Å². The highest BCUT2D eigenvalue weighted by Gasteiger charge is 2.14. The number of aryl methyl sites for hydroxylation is 1. The predicted octanol–water partition coefficient (Wildman–Crippen LogP) is 5.57. The molecule has 0 radical (unpaired) electrons. The van der Waals surface area contributed by atoms with E-state index in [9.17, 15) is 0 Å². The molecule has 0 fully saturated rings. The quantitative estimate of drug-likeness (QED) is 0.405. The Hall–Kier alpha value is -2.72. The summed E-state index contributed by atoms with van der Waals surface area (Å²) in [5, 5.41) is 4.82. The third-order valence-electron chi connectivity index (χ3n) is 3.96. The topological polar surface area (TPSA) is 38.9 Å². The molecule has 3 nitrogen and oxygen atoms in total. The minimum Gasteiger partial charge on any atom is -0.437 e. The van der Waals surface area contributed by atoms with Gasteiger partial charge < -0.3 is 4.42 Å². The number of rotatable bonds is 1. The Labute approximate surface area is 140 Å². The summed E-state index contributed by atoms with van der Waals surface area (Å²) >= 11 is 1.59. The molecule has 1 aromatic carbocycles. The van der Waals surface area contributed by atoms with Crippen LogP contribution in [-0.2, 0) is 0 Å². The molecular weight excluding hydrogens is 304 g/mol. The number of para-hydroxylation sites is 1. The van der Waals surface area contributed by atoms with Gasteiger partial charge in [0.25, 0.3) is 0 Å². The fraction of sp³-hybridized carbons (Fsp3) is 0.0526. The molecule has 0 amide bonds. The Balaban J connectivity index is 1.78. The van der Waals surface area contributed by atoms with Crippen LogP contribution in [0.3, 0.4) is 0 Å². The lowest BCUT2D eigenvalue weighted by atomic mass is 10.1. The predicted molar refractivity (Wildman–Crippen MR) is 94.9 cm³/mol. The number of fused-ring (bicyclic) bond motifs is 4. The van der Waals surface area contributed by atoms with Gasteiger partial charge in [0.1, 0.15) is 10.4 Å². The van der Waals surface area contributed by atoms with Crippen LogP contribution in [0, 0.1) is 6.85 Å². The molecule has 0 aliphatic heterocycles. The normalized spacial score (nSPS) is 14.2. The van der Waals surface area contributed by atoms with Crippen LogP contribution in [0.4, 0.5) is 0 Å². The van der Waals surface area contributed by atoms with Crippen LogP contribution in [0.25, 0.3) is 43.5 Å². The van der Waals surface area contributed by atoms with Crippen LogP contribution in [0.15, 0.2) is 58.3 Å². The first-order chi connectivity index (χ1) is 12.5. The van der Waals surface area contributed by atoms with Gasteiger partial charge in [-0.3, -0.25) is 0 Å². The SMILES string of the molecule is [2H]C([2H])([2H])c1ccc2c(n1)oc1c(-c3ccc4ccsc4n3)cccc12. The molecule has 0 aliphatic carbocycles. The maximum absolute atomic E-state index is 7.54. The smallest absolute Gasteiger partial charge is 0.227 e. The zero-order valence-electron chi connectivity index (χ0n) is 14.9. The lowest BCUT2D eigenvalue weighted by Crippen LogP contribution is -1.83. The van der Waals surface area contributed by atoms with Gasteiger partial charge >= 0.3 is 0 Å². The summed E-state index contributed by atoms with van der Waals surface area (Å²) in [5.74, 6) is 0. The van der Waals surface area contributed by atoms with E-state index in [2.05, 4.69) is 4.98 Å². The molecule has 0 unspecified atom stereocenters. The van der Waals surface area contributed by atoms with E-state index < -0.39 is 6.85 Å². The molecule has 0 N–H and O–H groups in total. The van der Waals surface area contributed by atoms with E-state index in [1.165, 1.54) is 6.07 Å². The summed E-state index contributed by atoms with van der Waals surface area (Å²) in [6.07, 6.45) is 0. The number of hydrogen-bond acceptors (Lipinski definition) is 4. The van der Waals surface area contributed by atoms with Gasteiger partial charge in [0.05, 0.1) is 5.69 Å². The maximum atomic E-state index is 7.54. The molecule has 0 saturated heterocycles. The average molecular weight is 319 g/mol. The van der Waals surface area contributed by atoms with Crippen molar-refractivity contribution in [3.63, 3.8) is 0 Å². The molecule has 0 aliphatic rings. The van der Waals surface area contributed by atoms with Crippen LogP contribution < -0.4 is 0 Å². The van der Waals surface area contributed by atoms with Crippen molar-refractivity contribution in [2.45, 2.75) is 6.85 Å². The van der Waals surface area contributed by atoms with Gasteiger partial charge in [0, 0.05) is 31.5 Å². The first-order valence-electron chi connectivity index (χ1n) is 8.68. The molecule has 4 aromatic heterocycles. The zero-order chi connectivity index (χ0) is 17.9. The summed E-state index contributed by atoms with van der Waals surface area (Å²) in [6.45, 7) is -2.26. The molecule has 5 aromatic rings. The average Bonchev–Trinajstić information content (AvgIpc) is 3.23. The van der Waals surface area contributed by atoms with Crippen molar-refractivity contribution < 1.29 is 8.53 Å². The van der Waals surface area contributed by atoms with Gasteiger partial charge in [-0.2, -0.15) is 0 Å². The zero-order valence-corrected chi connectivity index (χ0v) is 12.7. The summed E-state index contributed by atoms with van der Waals surface area (Å²) in [5.41, 5.74) is 2.72. The number of nitrogens with zero attached hydrogens (tertiary/aromatic N) is 2. The van der Waals surface area contributed by atoms with E-state index in [0.717, 1.165) is 32.2 Å². The maximum Gasteiger partial charge on any atom is 0.227 e. The highest BCUT2D eigenvalue weighted by atomic mass is 32.1. The molecule has 23 heavy (non-hydrogen) atoms. The van der Waals surface area contributed by atoms with Crippen molar-refractivity contribution in [2.75, 3.05) is 0 Å². The van der Waals surface area contributed by atoms with E-state index in [1.54, 1.807) is 17.4 Å². The largest absolute Gasteiger partial charge is 0.437 e. The van der Waals surface area contributed by atoms with Crippen molar-refractivity contribution in [2.24, 2.45) is 0 Å². The molecule has 110 valence electrons. The Kier molecular flexibility index (Phi) is 2.04. The van der Waals surface area contributed by atoms with Crippen molar-refractivity contribution in [1.82, 2.24) is 9.97 Å². The standard InChI is InChI=1S/C19H12N2OS/c1-11-5-7-14-13-3-2-4-15(17(13)22-18(14)20-11)16-8-6-12-9-10-23-19(12)21-16/h2-10H,1H3/i1D3. The van der Waals surface area contributed by atoms with Gasteiger partial charge in [0.15, 0.2) is 0 Å². The Morgan fingerprint density at radius 3 is 2.96 bits per heavy atom. The van der Waals surface area contributed by atoms with E-state index in [0.29, 0.717) is 11.3 Å². The molecule has 5 rings (SSSR count). The van der Waals surface area contributed by atoms with Gasteiger partial charge in [-0.05, 0) is 48.6 Å². The van der Waals surface area contributed by atoms with Crippen LogP contribution >= 0.6 is 11.3 Å². The van der Waals surface area contributed by atoms with Crippen LogP contribution in [0.5, 0.6) is 0 Å². The van der Waals surface area contributed by atoms with Gasteiger partial charge in [-0.1, -0.05) is 12.1 Å². The number of thiophene rings is 1. The van der Waals surface area contributed by atoms with Gasteiger partial charge in [-0.15, -0.1) is 11.3 Å². The summed E-state index contributed by atoms with van der Waals surface area (Å²) in [7, 11) is 0. The molecular formula is C19H12N2OS. The summed E-state index contributed by atoms with van der Waals surface area (Å²) < 4.78 is 28.6. The van der Waals surface area contributed by atoms with Gasteiger partial charge in [0.2, 0.25) is 5.71 Å². The Morgan fingerprint density at radius 2 is 2.00 bits per heavy atom.